The third kappa shape index (κ3) is 2.76. The Kier molecular flexibility index (Phi) is 3.85. The predicted molar refractivity (Wildman–Crippen MR) is 65.1 cm³/mol. The van der Waals surface area contributed by atoms with Gasteiger partial charge in [-0.25, -0.2) is 0 Å². The largest absolute Gasteiger partial charge is 0.342 e. The minimum atomic E-state index is 0.291. The number of likely N-dealkylation sites (tertiary alicyclic amines) is 1. The molecule has 2 atom stereocenters. The Labute approximate surface area is 98.6 Å². The van der Waals surface area contributed by atoms with E-state index < -0.39 is 0 Å². The lowest BCUT2D eigenvalue weighted by Crippen LogP contribution is -2.47. The molecule has 16 heavy (non-hydrogen) atoms. The zero-order valence-corrected chi connectivity index (χ0v) is 10.5. The molecule has 2 aliphatic rings. The molecule has 3 heteroatoms. The molecule has 1 amide bonds. The molecule has 2 fully saturated rings. The van der Waals surface area contributed by atoms with E-state index in [-0.39, 0.29) is 0 Å². The molecule has 1 N–H and O–H groups in total. The molecule has 0 bridgehead atoms. The van der Waals surface area contributed by atoms with E-state index in [2.05, 4.69) is 24.1 Å². The minimum Gasteiger partial charge on any atom is -0.342 e. The Morgan fingerprint density at radius 3 is 2.25 bits per heavy atom. The quantitative estimate of drug-likeness (QED) is 0.732. The van der Waals surface area contributed by atoms with Crippen molar-refractivity contribution in [3.05, 3.63) is 0 Å². The van der Waals surface area contributed by atoms with Crippen LogP contribution in [0.1, 0.15) is 33.1 Å². The molecule has 0 aromatic carbocycles. The molecule has 0 spiro atoms. The van der Waals surface area contributed by atoms with E-state index in [4.69, 9.17) is 0 Å². The average molecular weight is 224 g/mol. The molecule has 3 nitrogen and oxygen atoms in total. The molecule has 0 aliphatic carbocycles. The summed E-state index contributed by atoms with van der Waals surface area (Å²) in [6, 6.07) is 0. The Balaban J connectivity index is 1.92. The highest BCUT2D eigenvalue weighted by molar-refractivity contribution is 5.79. The normalized spacial score (nSPS) is 32.8. The van der Waals surface area contributed by atoms with Crippen molar-refractivity contribution in [3.8, 4) is 0 Å². The minimum absolute atomic E-state index is 0.291. The third-order valence-corrected chi connectivity index (χ3v) is 3.87. The van der Waals surface area contributed by atoms with Gasteiger partial charge in [-0.2, -0.15) is 0 Å². The van der Waals surface area contributed by atoms with Crippen LogP contribution >= 0.6 is 0 Å². The van der Waals surface area contributed by atoms with E-state index in [9.17, 15) is 4.79 Å². The molecule has 0 aromatic heterocycles. The number of rotatable bonds is 1. The van der Waals surface area contributed by atoms with Gasteiger partial charge in [0.25, 0.3) is 0 Å². The van der Waals surface area contributed by atoms with E-state index in [1.807, 2.05) is 0 Å². The van der Waals surface area contributed by atoms with Gasteiger partial charge in [0.1, 0.15) is 0 Å². The standard InChI is InChI=1S/C13H24N2O/c1-10-7-11(2)9-15(8-10)13(16)12-3-5-14-6-4-12/h10-12,14H,3-9H2,1-2H3. The van der Waals surface area contributed by atoms with E-state index in [0.717, 1.165) is 39.0 Å². The van der Waals surface area contributed by atoms with Crippen molar-refractivity contribution >= 4 is 5.91 Å². The molecule has 0 aromatic rings. The van der Waals surface area contributed by atoms with Gasteiger partial charge in [0, 0.05) is 19.0 Å². The topological polar surface area (TPSA) is 32.3 Å². The highest BCUT2D eigenvalue weighted by atomic mass is 16.2. The molecule has 2 saturated heterocycles. The smallest absolute Gasteiger partial charge is 0.225 e. The van der Waals surface area contributed by atoms with E-state index >= 15 is 0 Å². The highest BCUT2D eigenvalue weighted by Gasteiger charge is 2.30. The molecule has 2 unspecified atom stereocenters. The van der Waals surface area contributed by atoms with Crippen LogP contribution in [0, 0.1) is 17.8 Å². The predicted octanol–water partition coefficient (Wildman–Crippen LogP) is 1.49. The Bertz CT molecular complexity index is 238. The first-order valence-corrected chi connectivity index (χ1v) is 6.66. The van der Waals surface area contributed by atoms with Gasteiger partial charge in [0.15, 0.2) is 0 Å². The molecule has 92 valence electrons. The summed E-state index contributed by atoms with van der Waals surface area (Å²) >= 11 is 0. The lowest BCUT2D eigenvalue weighted by atomic mass is 9.89. The summed E-state index contributed by atoms with van der Waals surface area (Å²) in [5, 5.41) is 3.32. The van der Waals surface area contributed by atoms with Crippen molar-refractivity contribution in [2.75, 3.05) is 26.2 Å². The zero-order chi connectivity index (χ0) is 11.5. The SMILES string of the molecule is CC1CC(C)CN(C(=O)C2CCNCC2)C1. The number of amides is 1. The number of hydrogen-bond acceptors (Lipinski definition) is 2. The molecule has 2 heterocycles. The zero-order valence-electron chi connectivity index (χ0n) is 10.5. The molecular weight excluding hydrogens is 200 g/mol. The summed E-state index contributed by atoms with van der Waals surface area (Å²) in [5.74, 6) is 2.06. The Morgan fingerprint density at radius 2 is 1.69 bits per heavy atom. The summed E-state index contributed by atoms with van der Waals surface area (Å²) in [6.07, 6.45) is 3.33. The number of nitrogens with one attached hydrogen (secondary N) is 1. The second kappa shape index (κ2) is 5.17. The monoisotopic (exact) mass is 224 g/mol. The fourth-order valence-electron chi connectivity index (χ4n) is 3.17. The summed E-state index contributed by atoms with van der Waals surface area (Å²) in [4.78, 5) is 14.5. The van der Waals surface area contributed by atoms with Crippen LogP contribution in [0.15, 0.2) is 0 Å². The number of hydrogen-bond donors (Lipinski definition) is 1. The van der Waals surface area contributed by atoms with Crippen molar-refractivity contribution in [2.24, 2.45) is 17.8 Å². The number of carbonyl (C=O) groups is 1. The number of nitrogens with zero attached hydrogens (tertiary/aromatic N) is 1. The van der Waals surface area contributed by atoms with Crippen LogP contribution < -0.4 is 5.32 Å². The number of piperidine rings is 2. The van der Waals surface area contributed by atoms with Gasteiger partial charge in [0.05, 0.1) is 0 Å². The van der Waals surface area contributed by atoms with Crippen LogP contribution in [0.25, 0.3) is 0 Å². The molecule has 2 aliphatic heterocycles. The summed E-state index contributed by atoms with van der Waals surface area (Å²) in [7, 11) is 0. The van der Waals surface area contributed by atoms with Crippen LogP contribution in [0.3, 0.4) is 0 Å². The van der Waals surface area contributed by atoms with Crippen LogP contribution in [0.4, 0.5) is 0 Å². The first-order chi connectivity index (χ1) is 7.66. The van der Waals surface area contributed by atoms with Gasteiger partial charge < -0.3 is 10.2 Å². The summed E-state index contributed by atoms with van der Waals surface area (Å²) < 4.78 is 0. The van der Waals surface area contributed by atoms with Gasteiger partial charge in [-0.3, -0.25) is 4.79 Å². The molecule has 2 rings (SSSR count). The molecule has 0 saturated carbocycles. The highest BCUT2D eigenvalue weighted by Crippen LogP contribution is 2.24. The van der Waals surface area contributed by atoms with E-state index in [0.29, 0.717) is 23.7 Å². The van der Waals surface area contributed by atoms with Gasteiger partial charge in [-0.1, -0.05) is 13.8 Å². The van der Waals surface area contributed by atoms with E-state index in [1.54, 1.807) is 0 Å². The first-order valence-electron chi connectivity index (χ1n) is 6.66. The first kappa shape index (κ1) is 11.9. The van der Waals surface area contributed by atoms with Gasteiger partial charge in [-0.15, -0.1) is 0 Å². The maximum absolute atomic E-state index is 12.3. The number of carbonyl (C=O) groups excluding carboxylic acids is 1. The second-order valence-corrected chi connectivity index (χ2v) is 5.71. The molecule has 0 radical (unpaired) electrons. The Hall–Kier alpha value is -0.570. The van der Waals surface area contributed by atoms with Crippen molar-refractivity contribution in [1.82, 2.24) is 10.2 Å². The van der Waals surface area contributed by atoms with Gasteiger partial charge >= 0.3 is 0 Å². The van der Waals surface area contributed by atoms with Gasteiger partial charge in [0.2, 0.25) is 5.91 Å². The van der Waals surface area contributed by atoms with Crippen molar-refractivity contribution in [2.45, 2.75) is 33.1 Å². The molecular formula is C13H24N2O. The average Bonchev–Trinajstić information content (AvgIpc) is 2.28. The lowest BCUT2D eigenvalue weighted by Gasteiger charge is -2.37. The third-order valence-electron chi connectivity index (χ3n) is 3.87. The van der Waals surface area contributed by atoms with Crippen molar-refractivity contribution < 1.29 is 4.79 Å². The van der Waals surface area contributed by atoms with E-state index in [1.165, 1.54) is 6.42 Å². The summed E-state index contributed by atoms with van der Waals surface area (Å²) in [5.41, 5.74) is 0. The summed E-state index contributed by atoms with van der Waals surface area (Å²) in [6.45, 7) is 8.50. The fraction of sp³-hybridized carbons (Fsp3) is 0.923. The van der Waals surface area contributed by atoms with Gasteiger partial charge in [-0.05, 0) is 44.2 Å². The van der Waals surface area contributed by atoms with Crippen molar-refractivity contribution in [1.29, 1.82) is 0 Å². The lowest BCUT2D eigenvalue weighted by molar-refractivity contribution is -0.139. The van der Waals surface area contributed by atoms with Crippen LogP contribution in [0.5, 0.6) is 0 Å². The van der Waals surface area contributed by atoms with Crippen LogP contribution in [0.2, 0.25) is 0 Å². The van der Waals surface area contributed by atoms with Crippen LogP contribution in [-0.4, -0.2) is 37.0 Å². The van der Waals surface area contributed by atoms with Crippen LogP contribution in [-0.2, 0) is 4.79 Å². The maximum Gasteiger partial charge on any atom is 0.225 e. The Morgan fingerprint density at radius 1 is 1.12 bits per heavy atom. The van der Waals surface area contributed by atoms with Crippen molar-refractivity contribution in [3.63, 3.8) is 0 Å². The maximum atomic E-state index is 12.3. The second-order valence-electron chi connectivity index (χ2n) is 5.71. The fourth-order valence-corrected chi connectivity index (χ4v) is 3.17.